The zero-order valence-corrected chi connectivity index (χ0v) is 19.6. The van der Waals surface area contributed by atoms with E-state index in [1.165, 1.54) is 0 Å². The number of halogens is 3. The van der Waals surface area contributed by atoms with Crippen LogP contribution in [0.25, 0.3) is 0 Å². The average Bonchev–Trinajstić information content (AvgIpc) is 2.74. The van der Waals surface area contributed by atoms with E-state index in [4.69, 9.17) is 20.9 Å². The van der Waals surface area contributed by atoms with Gasteiger partial charge in [0.1, 0.15) is 12.4 Å². The third-order valence-electron chi connectivity index (χ3n) is 4.62. The fraction of sp³-hybridized carbons (Fsp3) is 0.500. The molecule has 2 rings (SSSR count). The van der Waals surface area contributed by atoms with Gasteiger partial charge in [-0.15, -0.1) is 0 Å². The van der Waals surface area contributed by atoms with Gasteiger partial charge >= 0.3 is 12.1 Å². The second kappa shape index (κ2) is 10.9. The van der Waals surface area contributed by atoms with E-state index < -0.39 is 23.2 Å². The van der Waals surface area contributed by atoms with Crippen LogP contribution >= 0.6 is 0 Å². The molecule has 34 heavy (non-hydrogen) atoms. The SMILES string of the molecule is CC(C)(COC(C)(C)CN)Nc1cc(OCc2ccc(CNC(=O)C(F)(F)F)cc2)nc(N)n1. The number of ether oxygens (including phenoxy) is 2. The van der Waals surface area contributed by atoms with Crippen LogP contribution in [-0.4, -0.2) is 46.3 Å². The minimum atomic E-state index is -4.91. The molecule has 0 unspecified atom stereocenters. The number of carbonyl (C=O) groups excluding carboxylic acids is 1. The predicted octanol–water partition coefficient (Wildman–Crippen LogP) is 2.76. The number of benzene rings is 1. The molecule has 0 saturated carbocycles. The van der Waals surface area contributed by atoms with Crippen molar-refractivity contribution in [1.82, 2.24) is 15.3 Å². The molecule has 0 radical (unpaired) electrons. The predicted molar refractivity (Wildman–Crippen MR) is 122 cm³/mol. The Morgan fingerprint density at radius 3 is 2.26 bits per heavy atom. The first-order valence-corrected chi connectivity index (χ1v) is 10.5. The Bertz CT molecular complexity index is 965. The number of hydrogen-bond acceptors (Lipinski definition) is 8. The molecule has 0 atom stereocenters. The minimum absolute atomic E-state index is 0.0229. The summed E-state index contributed by atoms with van der Waals surface area (Å²) in [4.78, 5) is 19.2. The third-order valence-corrected chi connectivity index (χ3v) is 4.62. The Hall–Kier alpha value is -3.12. The summed E-state index contributed by atoms with van der Waals surface area (Å²) in [6.45, 7) is 8.35. The Balaban J connectivity index is 1.95. The molecule has 1 heterocycles. The smallest absolute Gasteiger partial charge is 0.471 e. The van der Waals surface area contributed by atoms with Crippen LogP contribution in [0, 0.1) is 0 Å². The zero-order chi connectivity index (χ0) is 25.6. The number of nitrogens with two attached hydrogens (primary N) is 2. The second-order valence-electron chi connectivity index (χ2n) is 9.00. The highest BCUT2D eigenvalue weighted by atomic mass is 19.4. The highest BCUT2D eigenvalue weighted by molar-refractivity contribution is 5.81. The maximum absolute atomic E-state index is 12.3. The molecule has 2 aromatic rings. The fourth-order valence-corrected chi connectivity index (χ4v) is 2.59. The highest BCUT2D eigenvalue weighted by Crippen LogP contribution is 2.21. The largest absolute Gasteiger partial charge is 0.473 e. The van der Waals surface area contributed by atoms with Crippen molar-refractivity contribution < 1.29 is 27.4 Å². The lowest BCUT2D eigenvalue weighted by atomic mass is 10.1. The van der Waals surface area contributed by atoms with E-state index >= 15 is 0 Å². The van der Waals surface area contributed by atoms with Gasteiger partial charge in [0.2, 0.25) is 11.8 Å². The number of nitrogens with one attached hydrogen (secondary N) is 2. The summed E-state index contributed by atoms with van der Waals surface area (Å²) in [5.74, 6) is -1.26. The standard InChI is InChI=1S/C22H31F3N6O3/c1-20(2,13-34-21(3,4)12-26)31-16-9-17(30-19(27)29-16)33-11-15-7-5-14(6-8-15)10-28-18(32)22(23,24)25/h5-9H,10-13,26H2,1-4H3,(H,28,32)(H3,27,29,30,31). The van der Waals surface area contributed by atoms with Gasteiger partial charge in [-0.3, -0.25) is 4.79 Å². The molecule has 0 aliphatic rings. The van der Waals surface area contributed by atoms with Gasteiger partial charge in [-0.2, -0.15) is 23.1 Å². The first kappa shape index (κ1) is 27.1. The topological polar surface area (TPSA) is 137 Å². The number of hydrogen-bond donors (Lipinski definition) is 4. The van der Waals surface area contributed by atoms with Crippen molar-refractivity contribution in [2.24, 2.45) is 5.73 Å². The number of nitrogen functional groups attached to an aromatic ring is 1. The number of alkyl halides is 3. The van der Waals surface area contributed by atoms with Crippen LogP contribution in [-0.2, 0) is 22.7 Å². The molecule has 1 amide bonds. The van der Waals surface area contributed by atoms with Gasteiger partial charge < -0.3 is 31.6 Å². The molecule has 9 nitrogen and oxygen atoms in total. The molecule has 0 aliphatic carbocycles. The van der Waals surface area contributed by atoms with E-state index in [1.54, 1.807) is 30.3 Å². The van der Waals surface area contributed by atoms with Crippen molar-refractivity contribution in [3.8, 4) is 5.88 Å². The zero-order valence-electron chi connectivity index (χ0n) is 19.6. The van der Waals surface area contributed by atoms with Crippen LogP contribution < -0.4 is 26.8 Å². The number of anilines is 2. The monoisotopic (exact) mass is 484 g/mol. The van der Waals surface area contributed by atoms with Gasteiger partial charge in [0.05, 0.1) is 17.7 Å². The van der Waals surface area contributed by atoms with Gasteiger partial charge in [0.25, 0.3) is 0 Å². The van der Waals surface area contributed by atoms with Gasteiger partial charge in [0.15, 0.2) is 0 Å². The van der Waals surface area contributed by atoms with Crippen LogP contribution in [0.4, 0.5) is 24.9 Å². The van der Waals surface area contributed by atoms with Gasteiger partial charge in [-0.05, 0) is 38.8 Å². The summed E-state index contributed by atoms with van der Waals surface area (Å²) in [6, 6.07) is 8.16. The Morgan fingerprint density at radius 2 is 1.68 bits per heavy atom. The highest BCUT2D eigenvalue weighted by Gasteiger charge is 2.38. The summed E-state index contributed by atoms with van der Waals surface area (Å²) in [5.41, 5.74) is 11.8. The quantitative estimate of drug-likeness (QED) is 0.382. The van der Waals surface area contributed by atoms with Crippen LogP contribution in [0.15, 0.2) is 30.3 Å². The van der Waals surface area contributed by atoms with Gasteiger partial charge in [0, 0.05) is 19.2 Å². The molecule has 0 saturated heterocycles. The van der Waals surface area contributed by atoms with E-state index in [2.05, 4.69) is 15.3 Å². The minimum Gasteiger partial charge on any atom is -0.473 e. The lowest BCUT2D eigenvalue weighted by Crippen LogP contribution is -2.43. The van der Waals surface area contributed by atoms with E-state index in [-0.39, 0.29) is 25.0 Å². The summed E-state index contributed by atoms with van der Waals surface area (Å²) >= 11 is 0. The maximum Gasteiger partial charge on any atom is 0.471 e. The Kier molecular flexibility index (Phi) is 8.67. The van der Waals surface area contributed by atoms with E-state index in [0.29, 0.717) is 24.5 Å². The number of nitrogens with zero attached hydrogens (tertiary/aromatic N) is 2. The second-order valence-corrected chi connectivity index (χ2v) is 9.00. The molecule has 6 N–H and O–H groups in total. The first-order valence-electron chi connectivity index (χ1n) is 10.5. The summed E-state index contributed by atoms with van der Waals surface area (Å²) in [6.07, 6.45) is -4.91. The van der Waals surface area contributed by atoms with Crippen molar-refractivity contribution >= 4 is 17.7 Å². The van der Waals surface area contributed by atoms with Crippen LogP contribution in [0.2, 0.25) is 0 Å². The third kappa shape index (κ3) is 9.02. The summed E-state index contributed by atoms with van der Waals surface area (Å²) in [7, 11) is 0. The average molecular weight is 485 g/mol. The lowest BCUT2D eigenvalue weighted by Gasteiger charge is -2.32. The number of carbonyl (C=O) groups is 1. The van der Waals surface area contributed by atoms with Gasteiger partial charge in [-0.25, -0.2) is 0 Å². The number of aromatic nitrogens is 2. The van der Waals surface area contributed by atoms with Crippen molar-refractivity contribution in [3.63, 3.8) is 0 Å². The van der Waals surface area contributed by atoms with Crippen LogP contribution in [0.1, 0.15) is 38.8 Å². The molecule has 0 spiro atoms. The maximum atomic E-state index is 12.3. The Morgan fingerprint density at radius 1 is 1.06 bits per heavy atom. The molecular weight excluding hydrogens is 453 g/mol. The fourth-order valence-electron chi connectivity index (χ4n) is 2.59. The Labute approximate surface area is 196 Å². The molecule has 0 aliphatic heterocycles. The van der Waals surface area contributed by atoms with Crippen molar-refractivity contribution in [2.45, 2.75) is 58.2 Å². The van der Waals surface area contributed by atoms with Gasteiger partial charge in [-0.1, -0.05) is 24.3 Å². The molecule has 1 aromatic carbocycles. The molecule has 12 heteroatoms. The lowest BCUT2D eigenvalue weighted by molar-refractivity contribution is -0.173. The summed E-state index contributed by atoms with van der Waals surface area (Å²) in [5, 5.41) is 5.06. The van der Waals surface area contributed by atoms with Crippen LogP contribution in [0.5, 0.6) is 5.88 Å². The normalized spacial score (nSPS) is 12.4. The molecule has 188 valence electrons. The van der Waals surface area contributed by atoms with Crippen molar-refractivity contribution in [1.29, 1.82) is 0 Å². The number of rotatable bonds is 11. The molecule has 0 bridgehead atoms. The first-order chi connectivity index (χ1) is 15.7. The summed E-state index contributed by atoms with van der Waals surface area (Å²) < 4.78 is 48.4. The van der Waals surface area contributed by atoms with Crippen LogP contribution in [0.3, 0.4) is 0 Å². The van der Waals surface area contributed by atoms with Crippen molar-refractivity contribution in [3.05, 3.63) is 41.5 Å². The van der Waals surface area contributed by atoms with E-state index in [0.717, 1.165) is 5.56 Å². The molecule has 0 fully saturated rings. The molecular formula is C22H31F3N6O3. The van der Waals surface area contributed by atoms with Crippen molar-refractivity contribution in [2.75, 3.05) is 24.2 Å². The number of amides is 1. The van der Waals surface area contributed by atoms with E-state index in [1.807, 2.05) is 33.0 Å². The molecule has 1 aromatic heterocycles. The van der Waals surface area contributed by atoms with E-state index in [9.17, 15) is 18.0 Å².